The fraction of sp³-hybridized carbons (Fsp3) is 0.185. The Labute approximate surface area is 186 Å². The van der Waals surface area contributed by atoms with E-state index < -0.39 is 5.92 Å². The van der Waals surface area contributed by atoms with Crippen LogP contribution in [0.2, 0.25) is 0 Å². The summed E-state index contributed by atoms with van der Waals surface area (Å²) in [7, 11) is 1.60. The van der Waals surface area contributed by atoms with E-state index in [1.165, 1.54) is 0 Å². The van der Waals surface area contributed by atoms with Crippen molar-refractivity contribution in [1.29, 1.82) is 5.26 Å². The van der Waals surface area contributed by atoms with Crippen LogP contribution in [0.1, 0.15) is 35.8 Å². The molecule has 1 heterocycles. The standard InChI is InChI=1S/C27H22N2O3/c1-31-21-10-8-17(9-11-21)25-22(15-28)27(29)32-24-14-20(13-23(30)26(24)25)19-7-6-16-4-2-3-5-18(16)12-19/h2-12,20,25H,13-14,29H2,1H3. The highest BCUT2D eigenvalue weighted by atomic mass is 16.5. The fourth-order valence-corrected chi connectivity index (χ4v) is 4.73. The van der Waals surface area contributed by atoms with Gasteiger partial charge in [-0.05, 0) is 39.9 Å². The summed E-state index contributed by atoms with van der Waals surface area (Å²) in [5.41, 5.74) is 8.88. The maximum absolute atomic E-state index is 13.4. The first-order valence-electron chi connectivity index (χ1n) is 10.6. The molecule has 0 saturated heterocycles. The second kappa shape index (κ2) is 7.90. The molecule has 1 aliphatic carbocycles. The first-order valence-corrected chi connectivity index (χ1v) is 10.6. The van der Waals surface area contributed by atoms with E-state index in [1.807, 2.05) is 36.4 Å². The first kappa shape index (κ1) is 19.9. The molecule has 2 aliphatic rings. The maximum Gasteiger partial charge on any atom is 0.205 e. The third-order valence-electron chi connectivity index (χ3n) is 6.35. The van der Waals surface area contributed by atoms with E-state index in [-0.39, 0.29) is 23.2 Å². The number of hydrogen-bond donors (Lipinski definition) is 1. The number of Topliss-reactive ketones (excluding diaryl/α,β-unsaturated/α-hetero) is 1. The van der Waals surface area contributed by atoms with E-state index in [2.05, 4.69) is 36.4 Å². The van der Waals surface area contributed by atoms with Gasteiger partial charge in [-0.15, -0.1) is 0 Å². The summed E-state index contributed by atoms with van der Waals surface area (Å²) < 4.78 is 11.1. The number of fused-ring (bicyclic) bond motifs is 1. The van der Waals surface area contributed by atoms with Gasteiger partial charge in [0.1, 0.15) is 23.2 Å². The molecule has 0 radical (unpaired) electrons. The quantitative estimate of drug-likeness (QED) is 0.638. The zero-order valence-corrected chi connectivity index (χ0v) is 17.7. The van der Waals surface area contributed by atoms with Crippen molar-refractivity contribution in [3.8, 4) is 11.8 Å². The van der Waals surface area contributed by atoms with Gasteiger partial charge >= 0.3 is 0 Å². The minimum Gasteiger partial charge on any atom is -0.497 e. The minimum absolute atomic E-state index is 0.00110. The molecular formula is C27H22N2O3. The smallest absolute Gasteiger partial charge is 0.205 e. The molecule has 0 aromatic heterocycles. The van der Waals surface area contributed by atoms with Crippen LogP contribution in [0.25, 0.3) is 10.8 Å². The monoisotopic (exact) mass is 422 g/mol. The van der Waals surface area contributed by atoms with Crippen LogP contribution < -0.4 is 10.5 Å². The Hall–Kier alpha value is -4.04. The normalized spacial score (nSPS) is 20.6. The number of rotatable bonds is 3. The molecule has 5 heteroatoms. The van der Waals surface area contributed by atoms with Gasteiger partial charge in [-0.2, -0.15) is 5.26 Å². The lowest BCUT2D eigenvalue weighted by Crippen LogP contribution is -2.29. The van der Waals surface area contributed by atoms with Gasteiger partial charge in [0.05, 0.1) is 13.0 Å². The summed E-state index contributed by atoms with van der Waals surface area (Å²) in [6.07, 6.45) is 0.928. The van der Waals surface area contributed by atoms with E-state index in [9.17, 15) is 10.1 Å². The molecule has 2 unspecified atom stereocenters. The van der Waals surface area contributed by atoms with E-state index in [0.29, 0.717) is 29.9 Å². The molecule has 2 atom stereocenters. The number of carbonyl (C=O) groups is 1. The molecule has 1 aliphatic heterocycles. The summed E-state index contributed by atoms with van der Waals surface area (Å²) in [6, 6.07) is 24.0. The summed E-state index contributed by atoms with van der Waals surface area (Å²) in [4.78, 5) is 13.4. The molecule has 0 fully saturated rings. The van der Waals surface area contributed by atoms with E-state index >= 15 is 0 Å². The van der Waals surface area contributed by atoms with Crippen LogP contribution in [0.3, 0.4) is 0 Å². The Kier molecular flexibility index (Phi) is 4.91. The Morgan fingerprint density at radius 1 is 1.00 bits per heavy atom. The number of carbonyl (C=O) groups excluding carboxylic acids is 1. The van der Waals surface area contributed by atoms with Crippen LogP contribution in [0.4, 0.5) is 0 Å². The highest BCUT2D eigenvalue weighted by molar-refractivity contribution is 6.00. The van der Waals surface area contributed by atoms with Crippen molar-refractivity contribution >= 4 is 16.6 Å². The van der Waals surface area contributed by atoms with E-state index in [1.54, 1.807) is 7.11 Å². The average Bonchev–Trinajstić information content (AvgIpc) is 2.82. The summed E-state index contributed by atoms with van der Waals surface area (Å²) in [5, 5.41) is 12.1. The number of methoxy groups -OCH3 is 1. The van der Waals surface area contributed by atoms with Gasteiger partial charge in [0.2, 0.25) is 5.88 Å². The zero-order valence-electron chi connectivity index (χ0n) is 17.7. The van der Waals surface area contributed by atoms with Crippen LogP contribution in [0, 0.1) is 11.3 Å². The number of hydrogen-bond acceptors (Lipinski definition) is 5. The van der Waals surface area contributed by atoms with Crippen molar-refractivity contribution in [3.05, 3.63) is 101 Å². The maximum atomic E-state index is 13.4. The number of ether oxygens (including phenoxy) is 2. The largest absolute Gasteiger partial charge is 0.497 e. The van der Waals surface area contributed by atoms with Crippen molar-refractivity contribution in [2.75, 3.05) is 7.11 Å². The Morgan fingerprint density at radius 2 is 1.72 bits per heavy atom. The SMILES string of the molecule is COc1ccc(C2C(C#N)=C(N)OC3=C2C(=O)CC(c2ccc4ccccc4c2)C3)cc1. The Bertz CT molecular complexity index is 1330. The van der Waals surface area contributed by atoms with Gasteiger partial charge in [-0.3, -0.25) is 4.79 Å². The van der Waals surface area contributed by atoms with Crippen molar-refractivity contribution < 1.29 is 14.3 Å². The number of benzene rings is 3. The van der Waals surface area contributed by atoms with Crippen LogP contribution in [-0.2, 0) is 9.53 Å². The van der Waals surface area contributed by atoms with Crippen molar-refractivity contribution in [2.24, 2.45) is 5.73 Å². The number of nitrogens with zero attached hydrogens (tertiary/aromatic N) is 1. The molecule has 3 aromatic rings. The fourth-order valence-electron chi connectivity index (χ4n) is 4.73. The predicted octanol–water partition coefficient (Wildman–Crippen LogP) is 5.06. The van der Waals surface area contributed by atoms with Gasteiger partial charge < -0.3 is 15.2 Å². The molecular weight excluding hydrogens is 400 g/mol. The van der Waals surface area contributed by atoms with Gasteiger partial charge in [0, 0.05) is 18.4 Å². The van der Waals surface area contributed by atoms with Crippen molar-refractivity contribution in [1.82, 2.24) is 0 Å². The topological polar surface area (TPSA) is 85.3 Å². The molecule has 0 saturated carbocycles. The third kappa shape index (κ3) is 3.30. The Morgan fingerprint density at radius 3 is 2.44 bits per heavy atom. The van der Waals surface area contributed by atoms with Gasteiger partial charge in [-0.1, -0.05) is 54.6 Å². The number of nitriles is 1. The summed E-state index contributed by atoms with van der Waals surface area (Å²) in [6.45, 7) is 0. The number of nitrogens with two attached hydrogens (primary N) is 1. The lowest BCUT2D eigenvalue weighted by Gasteiger charge is -2.34. The number of allylic oxidation sites excluding steroid dienone is 3. The average molecular weight is 422 g/mol. The van der Waals surface area contributed by atoms with E-state index in [4.69, 9.17) is 15.2 Å². The minimum atomic E-state index is -0.528. The van der Waals surface area contributed by atoms with Gasteiger partial charge in [-0.25, -0.2) is 0 Å². The third-order valence-corrected chi connectivity index (χ3v) is 6.35. The molecule has 3 aromatic carbocycles. The van der Waals surface area contributed by atoms with Gasteiger partial charge in [0.15, 0.2) is 5.78 Å². The van der Waals surface area contributed by atoms with E-state index in [0.717, 1.165) is 21.9 Å². The number of ketones is 1. The van der Waals surface area contributed by atoms with Crippen molar-refractivity contribution in [3.63, 3.8) is 0 Å². The van der Waals surface area contributed by atoms with Crippen LogP contribution in [0.5, 0.6) is 5.75 Å². The summed E-state index contributed by atoms with van der Waals surface area (Å²) >= 11 is 0. The second-order valence-corrected chi connectivity index (χ2v) is 8.17. The molecule has 158 valence electrons. The lowest BCUT2D eigenvalue weighted by molar-refractivity contribution is -0.117. The van der Waals surface area contributed by atoms with Crippen LogP contribution >= 0.6 is 0 Å². The molecule has 0 bridgehead atoms. The zero-order chi connectivity index (χ0) is 22.2. The molecule has 0 spiro atoms. The van der Waals surface area contributed by atoms with Gasteiger partial charge in [0.25, 0.3) is 0 Å². The highest BCUT2D eigenvalue weighted by Gasteiger charge is 2.40. The molecule has 32 heavy (non-hydrogen) atoms. The first-order chi connectivity index (χ1) is 15.6. The van der Waals surface area contributed by atoms with Crippen molar-refractivity contribution in [2.45, 2.75) is 24.7 Å². The van der Waals surface area contributed by atoms with Crippen LogP contribution in [0.15, 0.2) is 89.5 Å². The summed E-state index contributed by atoms with van der Waals surface area (Å²) in [5.74, 6) is 0.802. The molecule has 5 rings (SSSR count). The second-order valence-electron chi connectivity index (χ2n) is 8.17. The highest BCUT2D eigenvalue weighted by Crippen LogP contribution is 2.47. The Balaban J connectivity index is 1.55. The predicted molar refractivity (Wildman–Crippen MR) is 122 cm³/mol. The van der Waals surface area contributed by atoms with Crippen LogP contribution in [-0.4, -0.2) is 12.9 Å². The molecule has 5 nitrogen and oxygen atoms in total. The molecule has 2 N–H and O–H groups in total. The molecule has 0 amide bonds. The lowest BCUT2D eigenvalue weighted by atomic mass is 9.73.